The molecule has 0 spiro atoms. The van der Waals surface area contributed by atoms with Crippen molar-refractivity contribution in [3.8, 4) is 0 Å². The van der Waals surface area contributed by atoms with Crippen molar-refractivity contribution >= 4 is 22.4 Å². The van der Waals surface area contributed by atoms with Crippen molar-refractivity contribution in [1.29, 1.82) is 0 Å². The zero-order valence-electron chi connectivity index (χ0n) is 10.8. The van der Waals surface area contributed by atoms with Gasteiger partial charge in [0.1, 0.15) is 4.88 Å². The third-order valence-corrected chi connectivity index (χ3v) is 4.02. The van der Waals surface area contributed by atoms with Crippen molar-refractivity contribution in [2.45, 2.75) is 20.3 Å². The molecule has 0 aliphatic carbocycles. The van der Waals surface area contributed by atoms with Crippen LogP contribution in [0, 0.1) is 5.92 Å². The van der Waals surface area contributed by atoms with E-state index >= 15 is 0 Å². The first-order valence-electron chi connectivity index (χ1n) is 6.26. The van der Waals surface area contributed by atoms with Crippen LogP contribution in [0.3, 0.4) is 0 Å². The second-order valence-electron chi connectivity index (χ2n) is 4.91. The van der Waals surface area contributed by atoms with Gasteiger partial charge >= 0.3 is 5.97 Å². The third kappa shape index (κ3) is 3.00. The van der Waals surface area contributed by atoms with Crippen LogP contribution in [0.1, 0.15) is 29.2 Å². The number of carboxylic acids is 1. The molecule has 0 saturated carbocycles. The number of thiazole rings is 1. The van der Waals surface area contributed by atoms with Gasteiger partial charge in [0.25, 0.3) is 0 Å². The van der Waals surface area contributed by atoms with Crippen LogP contribution in [-0.4, -0.2) is 42.2 Å². The number of aromatic nitrogens is 1. The number of anilines is 1. The van der Waals surface area contributed by atoms with Gasteiger partial charge in [0, 0.05) is 26.2 Å². The Kier molecular flexibility index (Phi) is 4.19. The van der Waals surface area contributed by atoms with Crippen molar-refractivity contribution < 1.29 is 9.90 Å². The van der Waals surface area contributed by atoms with Gasteiger partial charge in [0.2, 0.25) is 0 Å². The molecule has 0 aromatic carbocycles. The van der Waals surface area contributed by atoms with Crippen LogP contribution in [0.5, 0.6) is 0 Å². The van der Waals surface area contributed by atoms with Gasteiger partial charge in [-0.15, -0.1) is 0 Å². The van der Waals surface area contributed by atoms with Gasteiger partial charge in [-0.05, 0) is 12.3 Å². The summed E-state index contributed by atoms with van der Waals surface area (Å²) in [5.74, 6) is -0.439. The van der Waals surface area contributed by atoms with Crippen molar-refractivity contribution in [1.82, 2.24) is 10.3 Å². The Morgan fingerprint density at radius 2 is 2.17 bits per heavy atom. The third-order valence-electron chi connectivity index (χ3n) is 2.87. The summed E-state index contributed by atoms with van der Waals surface area (Å²) in [6.07, 6.45) is 0.726. The van der Waals surface area contributed by atoms with Gasteiger partial charge in [-0.3, -0.25) is 0 Å². The molecule has 2 rings (SSSR count). The van der Waals surface area contributed by atoms with Gasteiger partial charge in [-0.25, -0.2) is 9.78 Å². The summed E-state index contributed by atoms with van der Waals surface area (Å²) >= 11 is 1.30. The molecule has 1 saturated heterocycles. The molecule has 0 atom stereocenters. The summed E-state index contributed by atoms with van der Waals surface area (Å²) in [6.45, 7) is 7.81. The quantitative estimate of drug-likeness (QED) is 0.866. The average Bonchev–Trinajstić information content (AvgIpc) is 2.73. The maximum Gasteiger partial charge on any atom is 0.347 e. The van der Waals surface area contributed by atoms with Gasteiger partial charge < -0.3 is 15.3 Å². The Hall–Kier alpha value is -1.14. The molecule has 0 radical (unpaired) electrons. The van der Waals surface area contributed by atoms with E-state index in [1.54, 1.807) is 0 Å². The van der Waals surface area contributed by atoms with Crippen LogP contribution >= 0.6 is 11.3 Å². The summed E-state index contributed by atoms with van der Waals surface area (Å²) in [5.41, 5.74) is 0.732. The van der Waals surface area contributed by atoms with E-state index in [2.05, 4.69) is 29.0 Å². The van der Waals surface area contributed by atoms with Crippen LogP contribution < -0.4 is 10.2 Å². The van der Waals surface area contributed by atoms with Crippen LogP contribution in [0.25, 0.3) is 0 Å². The number of carbonyl (C=O) groups is 1. The Bertz CT molecular complexity index is 425. The van der Waals surface area contributed by atoms with E-state index in [1.165, 1.54) is 11.3 Å². The van der Waals surface area contributed by atoms with E-state index in [0.717, 1.165) is 43.4 Å². The first-order chi connectivity index (χ1) is 8.58. The molecule has 1 aliphatic heterocycles. The maximum atomic E-state index is 11.2. The SMILES string of the molecule is CC(C)Cc1nc(N2CCNCC2)sc1C(=O)O. The number of piperazine rings is 1. The fourth-order valence-corrected chi connectivity index (χ4v) is 3.01. The van der Waals surface area contributed by atoms with Crippen LogP contribution in [0.15, 0.2) is 0 Å². The molecule has 1 fully saturated rings. The van der Waals surface area contributed by atoms with Gasteiger partial charge in [-0.1, -0.05) is 25.2 Å². The molecule has 0 amide bonds. The lowest BCUT2D eigenvalue weighted by Crippen LogP contribution is -2.43. The summed E-state index contributed by atoms with van der Waals surface area (Å²) in [5, 5.41) is 13.4. The minimum atomic E-state index is -0.857. The number of hydrogen-bond donors (Lipinski definition) is 2. The number of rotatable bonds is 4. The fourth-order valence-electron chi connectivity index (χ4n) is 2.02. The van der Waals surface area contributed by atoms with Crippen molar-refractivity contribution in [3.05, 3.63) is 10.6 Å². The van der Waals surface area contributed by atoms with E-state index in [1.807, 2.05) is 0 Å². The zero-order valence-corrected chi connectivity index (χ0v) is 11.6. The second kappa shape index (κ2) is 5.67. The van der Waals surface area contributed by atoms with Crippen LogP contribution in [0.4, 0.5) is 5.13 Å². The lowest BCUT2D eigenvalue weighted by molar-refractivity contribution is 0.0700. The van der Waals surface area contributed by atoms with Crippen molar-refractivity contribution in [3.63, 3.8) is 0 Å². The number of hydrogen-bond acceptors (Lipinski definition) is 5. The minimum absolute atomic E-state index is 0.400. The lowest BCUT2D eigenvalue weighted by Gasteiger charge is -2.26. The van der Waals surface area contributed by atoms with E-state index < -0.39 is 5.97 Å². The van der Waals surface area contributed by atoms with Gasteiger partial charge in [-0.2, -0.15) is 0 Å². The summed E-state index contributed by atoms with van der Waals surface area (Å²) in [7, 11) is 0. The Morgan fingerprint density at radius 3 is 2.72 bits per heavy atom. The maximum absolute atomic E-state index is 11.2. The molecule has 5 nitrogen and oxygen atoms in total. The molecule has 1 aromatic heterocycles. The molecule has 1 aliphatic rings. The molecular formula is C12H19N3O2S. The predicted octanol–water partition coefficient (Wildman–Crippen LogP) is 1.45. The molecular weight excluding hydrogens is 250 g/mol. The summed E-state index contributed by atoms with van der Waals surface area (Å²) in [6, 6.07) is 0. The molecule has 2 N–H and O–H groups in total. The molecule has 0 unspecified atom stereocenters. The highest BCUT2D eigenvalue weighted by Crippen LogP contribution is 2.28. The summed E-state index contributed by atoms with van der Waals surface area (Å²) < 4.78 is 0. The monoisotopic (exact) mass is 269 g/mol. The predicted molar refractivity (Wildman–Crippen MR) is 72.7 cm³/mol. The number of nitrogens with one attached hydrogen (secondary N) is 1. The number of carboxylic acid groups (broad SMARTS) is 1. The molecule has 6 heteroatoms. The highest BCUT2D eigenvalue weighted by molar-refractivity contribution is 7.17. The van der Waals surface area contributed by atoms with E-state index in [-0.39, 0.29) is 0 Å². The van der Waals surface area contributed by atoms with E-state index in [0.29, 0.717) is 10.8 Å². The highest BCUT2D eigenvalue weighted by atomic mass is 32.1. The number of aromatic carboxylic acids is 1. The second-order valence-corrected chi connectivity index (χ2v) is 5.89. The van der Waals surface area contributed by atoms with Gasteiger partial charge in [0.15, 0.2) is 5.13 Å². The largest absolute Gasteiger partial charge is 0.477 e. The molecule has 1 aromatic rings. The van der Waals surface area contributed by atoms with Crippen molar-refractivity contribution in [2.24, 2.45) is 5.92 Å². The average molecular weight is 269 g/mol. The van der Waals surface area contributed by atoms with Crippen molar-refractivity contribution in [2.75, 3.05) is 31.1 Å². The highest BCUT2D eigenvalue weighted by Gasteiger charge is 2.21. The number of nitrogens with zero attached hydrogens (tertiary/aromatic N) is 2. The first kappa shape index (κ1) is 13.3. The summed E-state index contributed by atoms with van der Waals surface area (Å²) in [4.78, 5) is 18.3. The van der Waals surface area contributed by atoms with Crippen LogP contribution in [0.2, 0.25) is 0 Å². The van der Waals surface area contributed by atoms with E-state index in [4.69, 9.17) is 0 Å². The smallest absolute Gasteiger partial charge is 0.347 e. The molecule has 0 bridgehead atoms. The molecule has 100 valence electrons. The topological polar surface area (TPSA) is 65.5 Å². The fraction of sp³-hybridized carbons (Fsp3) is 0.667. The Balaban J connectivity index is 2.23. The molecule has 18 heavy (non-hydrogen) atoms. The standard InChI is InChI=1S/C12H19N3O2S/c1-8(2)7-9-10(11(16)17)18-12(14-9)15-5-3-13-4-6-15/h8,13H,3-7H2,1-2H3,(H,16,17). The normalized spacial score (nSPS) is 16.3. The first-order valence-corrected chi connectivity index (χ1v) is 7.08. The van der Waals surface area contributed by atoms with E-state index in [9.17, 15) is 9.90 Å². The minimum Gasteiger partial charge on any atom is -0.477 e. The lowest BCUT2D eigenvalue weighted by atomic mass is 10.1. The zero-order chi connectivity index (χ0) is 13.1. The Labute approximate surface area is 111 Å². The van der Waals surface area contributed by atoms with Gasteiger partial charge in [0.05, 0.1) is 5.69 Å². The van der Waals surface area contributed by atoms with Crippen LogP contribution in [-0.2, 0) is 6.42 Å². The molecule has 2 heterocycles. The Morgan fingerprint density at radius 1 is 1.50 bits per heavy atom.